The lowest BCUT2D eigenvalue weighted by atomic mass is 10.1. The molecule has 0 spiro atoms. The van der Waals surface area contributed by atoms with E-state index in [1.54, 1.807) is 18.2 Å². The molecular weight excluding hydrogens is 424 g/mol. The molecule has 0 atom stereocenters. The molecule has 3 heterocycles. The van der Waals surface area contributed by atoms with E-state index in [4.69, 9.17) is 21.1 Å². The van der Waals surface area contributed by atoms with Gasteiger partial charge in [0.1, 0.15) is 0 Å². The van der Waals surface area contributed by atoms with Gasteiger partial charge in [-0.05, 0) is 49.2 Å². The maximum absolute atomic E-state index is 12.8. The first-order valence-electron chi connectivity index (χ1n) is 9.71. The highest BCUT2D eigenvalue weighted by Crippen LogP contribution is 2.34. The fraction of sp³-hybridized carbons (Fsp3) is 0.286. The maximum Gasteiger partial charge on any atom is 0.232 e. The normalized spacial score (nSPS) is 15.0. The fourth-order valence-electron chi connectivity index (χ4n) is 3.60. The van der Waals surface area contributed by atoms with E-state index in [0.717, 1.165) is 37.6 Å². The van der Waals surface area contributed by atoms with Gasteiger partial charge < -0.3 is 14.4 Å². The van der Waals surface area contributed by atoms with E-state index in [1.165, 1.54) is 11.8 Å². The van der Waals surface area contributed by atoms with Gasteiger partial charge in [-0.1, -0.05) is 29.4 Å². The number of thioether (sulfide) groups is 1. The van der Waals surface area contributed by atoms with Gasteiger partial charge in [0.25, 0.3) is 0 Å². The van der Waals surface area contributed by atoms with Crippen molar-refractivity contribution < 1.29 is 14.3 Å². The monoisotopic (exact) mass is 442 g/mol. The summed E-state index contributed by atoms with van der Waals surface area (Å²) in [5.74, 6) is 2.27. The molecule has 0 radical (unpaired) electrons. The number of rotatable bonds is 6. The smallest absolute Gasteiger partial charge is 0.232 e. The Balaban J connectivity index is 1.40. The van der Waals surface area contributed by atoms with E-state index < -0.39 is 0 Å². The number of hydrogen-bond donors (Lipinski definition) is 0. The molecule has 0 unspecified atom stereocenters. The zero-order valence-electron chi connectivity index (χ0n) is 16.1. The minimum absolute atomic E-state index is 0.0123. The van der Waals surface area contributed by atoms with Crippen molar-refractivity contribution in [3.05, 3.63) is 53.1 Å². The number of ketones is 1. The van der Waals surface area contributed by atoms with Crippen LogP contribution in [0, 0.1) is 0 Å². The van der Waals surface area contributed by atoms with E-state index in [-0.39, 0.29) is 18.3 Å². The first-order chi connectivity index (χ1) is 14.7. The lowest BCUT2D eigenvalue weighted by molar-refractivity contribution is 0.102. The van der Waals surface area contributed by atoms with Crippen LogP contribution in [-0.4, -0.2) is 46.2 Å². The molecule has 1 aromatic heterocycles. The molecule has 5 rings (SSSR count). The Bertz CT molecular complexity index is 1100. The predicted octanol–water partition coefficient (Wildman–Crippen LogP) is 4.22. The van der Waals surface area contributed by atoms with Gasteiger partial charge in [-0.25, -0.2) is 0 Å². The molecule has 3 aromatic rings. The van der Waals surface area contributed by atoms with Crippen molar-refractivity contribution in [3.8, 4) is 17.2 Å². The summed E-state index contributed by atoms with van der Waals surface area (Å²) in [4.78, 5) is 15.0. The molecule has 154 valence electrons. The van der Waals surface area contributed by atoms with Crippen molar-refractivity contribution in [2.45, 2.75) is 18.0 Å². The Labute approximate surface area is 182 Å². The second-order valence-corrected chi connectivity index (χ2v) is 8.45. The number of carbonyl (C=O) groups excluding carboxylic acids is 1. The zero-order chi connectivity index (χ0) is 20.5. The summed E-state index contributed by atoms with van der Waals surface area (Å²) in [5, 5.41) is 10.1. The van der Waals surface area contributed by atoms with Crippen molar-refractivity contribution in [2.75, 3.05) is 30.5 Å². The topological polar surface area (TPSA) is 69.5 Å². The number of halogens is 1. The molecule has 1 fully saturated rings. The van der Waals surface area contributed by atoms with Gasteiger partial charge in [-0.2, -0.15) is 0 Å². The number of carbonyl (C=O) groups is 1. The van der Waals surface area contributed by atoms with Crippen LogP contribution in [0.4, 0.5) is 5.95 Å². The summed E-state index contributed by atoms with van der Waals surface area (Å²) in [6.45, 7) is 2.07. The van der Waals surface area contributed by atoms with Gasteiger partial charge in [0.15, 0.2) is 22.4 Å². The molecule has 9 heteroatoms. The Morgan fingerprint density at radius 3 is 2.73 bits per heavy atom. The van der Waals surface area contributed by atoms with Crippen LogP contribution in [-0.2, 0) is 0 Å². The standard InChI is InChI=1S/C21H19ClN4O3S/c22-15-4-3-5-16(11-15)26-20(25-8-1-2-9-25)23-24-21(26)30-12-17(27)14-6-7-18-19(10-14)29-13-28-18/h3-7,10-11H,1-2,8-9,12-13H2. The Kier molecular flexibility index (Phi) is 5.26. The van der Waals surface area contributed by atoms with Crippen molar-refractivity contribution in [3.63, 3.8) is 0 Å². The van der Waals surface area contributed by atoms with Crippen LogP contribution < -0.4 is 14.4 Å². The van der Waals surface area contributed by atoms with Crippen LogP contribution in [0.2, 0.25) is 5.02 Å². The van der Waals surface area contributed by atoms with Crippen LogP contribution in [0.1, 0.15) is 23.2 Å². The first-order valence-corrected chi connectivity index (χ1v) is 11.1. The molecular formula is C21H19ClN4O3S. The Hall–Kier alpha value is -2.71. The first kappa shape index (κ1) is 19.3. The third-order valence-corrected chi connectivity index (χ3v) is 6.26. The van der Waals surface area contributed by atoms with Crippen LogP contribution in [0.25, 0.3) is 5.69 Å². The molecule has 2 aliphatic heterocycles. The molecule has 7 nitrogen and oxygen atoms in total. The molecule has 0 aliphatic carbocycles. The quantitative estimate of drug-likeness (QED) is 0.418. The molecule has 2 aliphatic rings. The maximum atomic E-state index is 12.8. The number of ether oxygens (including phenoxy) is 2. The third-order valence-electron chi connectivity index (χ3n) is 5.10. The number of aromatic nitrogens is 3. The molecule has 0 saturated carbocycles. The average Bonchev–Trinajstić information content (AvgIpc) is 3.51. The Morgan fingerprint density at radius 2 is 1.90 bits per heavy atom. The number of benzene rings is 2. The fourth-order valence-corrected chi connectivity index (χ4v) is 4.63. The minimum Gasteiger partial charge on any atom is -0.454 e. The van der Waals surface area contributed by atoms with E-state index in [1.807, 2.05) is 28.8 Å². The van der Waals surface area contributed by atoms with Gasteiger partial charge in [0.05, 0.1) is 11.4 Å². The van der Waals surface area contributed by atoms with Crippen molar-refractivity contribution in [1.29, 1.82) is 0 Å². The SMILES string of the molecule is O=C(CSc1nnc(N2CCCC2)n1-c1cccc(Cl)c1)c1ccc2c(c1)OCO2. The van der Waals surface area contributed by atoms with Crippen LogP contribution >= 0.6 is 23.4 Å². The molecule has 0 N–H and O–H groups in total. The highest BCUT2D eigenvalue weighted by molar-refractivity contribution is 7.99. The summed E-state index contributed by atoms with van der Waals surface area (Å²) in [6.07, 6.45) is 2.26. The summed E-state index contributed by atoms with van der Waals surface area (Å²) in [5.41, 5.74) is 1.47. The van der Waals surface area contributed by atoms with Gasteiger partial charge in [0, 0.05) is 23.7 Å². The second kappa shape index (κ2) is 8.20. The van der Waals surface area contributed by atoms with E-state index in [0.29, 0.717) is 27.2 Å². The van der Waals surface area contributed by atoms with Crippen molar-refractivity contribution in [2.24, 2.45) is 0 Å². The number of nitrogens with zero attached hydrogens (tertiary/aromatic N) is 4. The van der Waals surface area contributed by atoms with E-state index in [2.05, 4.69) is 15.1 Å². The molecule has 30 heavy (non-hydrogen) atoms. The third kappa shape index (κ3) is 3.73. The second-order valence-electron chi connectivity index (χ2n) is 7.07. The minimum atomic E-state index is -0.0123. The summed E-state index contributed by atoms with van der Waals surface area (Å²) >= 11 is 7.59. The van der Waals surface area contributed by atoms with Crippen LogP contribution in [0.15, 0.2) is 47.6 Å². The zero-order valence-corrected chi connectivity index (χ0v) is 17.7. The van der Waals surface area contributed by atoms with Crippen LogP contribution in [0.3, 0.4) is 0 Å². The molecule has 0 amide bonds. The summed E-state index contributed by atoms with van der Waals surface area (Å²) in [7, 11) is 0. The molecule has 0 bridgehead atoms. The largest absolute Gasteiger partial charge is 0.454 e. The average molecular weight is 443 g/mol. The van der Waals surface area contributed by atoms with E-state index >= 15 is 0 Å². The molecule has 1 saturated heterocycles. The van der Waals surface area contributed by atoms with E-state index in [9.17, 15) is 4.79 Å². The summed E-state index contributed by atoms with van der Waals surface area (Å²) in [6, 6.07) is 12.8. The summed E-state index contributed by atoms with van der Waals surface area (Å²) < 4.78 is 12.7. The van der Waals surface area contributed by atoms with Gasteiger partial charge >= 0.3 is 0 Å². The van der Waals surface area contributed by atoms with Crippen LogP contribution in [0.5, 0.6) is 11.5 Å². The highest BCUT2D eigenvalue weighted by Gasteiger charge is 2.23. The van der Waals surface area contributed by atoms with Gasteiger partial charge in [0.2, 0.25) is 12.7 Å². The number of hydrogen-bond acceptors (Lipinski definition) is 7. The number of Topliss-reactive ketones (excluding diaryl/α,β-unsaturated/α-hetero) is 1. The lowest BCUT2D eigenvalue weighted by Gasteiger charge is -2.18. The Morgan fingerprint density at radius 1 is 1.07 bits per heavy atom. The predicted molar refractivity (Wildman–Crippen MR) is 115 cm³/mol. The van der Waals surface area contributed by atoms with Crippen molar-refractivity contribution >= 4 is 35.1 Å². The highest BCUT2D eigenvalue weighted by atomic mass is 35.5. The number of fused-ring (bicyclic) bond motifs is 1. The van der Waals surface area contributed by atoms with Gasteiger partial charge in [-0.3, -0.25) is 9.36 Å². The molecule has 2 aromatic carbocycles. The lowest BCUT2D eigenvalue weighted by Crippen LogP contribution is -2.22. The van der Waals surface area contributed by atoms with Gasteiger partial charge in [-0.15, -0.1) is 10.2 Å². The number of anilines is 1. The van der Waals surface area contributed by atoms with Crippen molar-refractivity contribution in [1.82, 2.24) is 14.8 Å².